The summed E-state index contributed by atoms with van der Waals surface area (Å²) in [4.78, 5) is 14.3. The van der Waals surface area contributed by atoms with Crippen LogP contribution in [0, 0.1) is 5.92 Å². The van der Waals surface area contributed by atoms with Crippen LogP contribution >= 0.6 is 0 Å². The molecule has 0 saturated carbocycles. The van der Waals surface area contributed by atoms with Gasteiger partial charge in [0.05, 0.1) is 12.5 Å². The number of hydrogen-bond acceptors (Lipinski definition) is 2. The van der Waals surface area contributed by atoms with Crippen molar-refractivity contribution in [3.63, 3.8) is 0 Å². The fourth-order valence-corrected chi connectivity index (χ4v) is 3.46. The Bertz CT molecular complexity index is 446. The van der Waals surface area contributed by atoms with Gasteiger partial charge >= 0.3 is 0 Å². The van der Waals surface area contributed by atoms with Crippen LogP contribution in [0.2, 0.25) is 0 Å². The molecule has 1 atom stereocenters. The van der Waals surface area contributed by atoms with Crippen molar-refractivity contribution < 1.29 is 9.53 Å². The minimum Gasteiger partial charge on any atom is -0.378 e. The van der Waals surface area contributed by atoms with Crippen molar-refractivity contribution in [2.24, 2.45) is 5.92 Å². The number of nitrogens with zero attached hydrogens (tertiary/aromatic N) is 1. The number of rotatable bonds is 4. The smallest absolute Gasteiger partial charge is 0.225 e. The van der Waals surface area contributed by atoms with Gasteiger partial charge < -0.3 is 9.64 Å². The third-order valence-electron chi connectivity index (χ3n) is 4.76. The lowest BCUT2D eigenvalue weighted by Crippen LogP contribution is -2.40. The van der Waals surface area contributed by atoms with Gasteiger partial charge in [-0.1, -0.05) is 30.3 Å². The minimum absolute atomic E-state index is 0.180. The van der Waals surface area contributed by atoms with Crippen LogP contribution in [-0.2, 0) is 16.0 Å². The van der Waals surface area contributed by atoms with Crippen LogP contribution in [-0.4, -0.2) is 36.6 Å². The van der Waals surface area contributed by atoms with Crippen LogP contribution in [0.3, 0.4) is 0 Å². The van der Waals surface area contributed by atoms with Gasteiger partial charge in [0, 0.05) is 19.7 Å². The third-order valence-corrected chi connectivity index (χ3v) is 4.76. The first-order valence-electron chi connectivity index (χ1n) is 8.24. The van der Waals surface area contributed by atoms with Crippen molar-refractivity contribution >= 4 is 5.91 Å². The summed E-state index contributed by atoms with van der Waals surface area (Å²) in [5.74, 6) is 1.01. The molecule has 0 aliphatic carbocycles. The van der Waals surface area contributed by atoms with E-state index in [1.165, 1.54) is 5.56 Å². The largest absolute Gasteiger partial charge is 0.378 e. The van der Waals surface area contributed by atoms with Crippen LogP contribution in [0.1, 0.15) is 37.7 Å². The number of carbonyl (C=O) groups excluding carboxylic acids is 1. The monoisotopic (exact) mass is 287 g/mol. The maximum absolute atomic E-state index is 12.3. The summed E-state index contributed by atoms with van der Waals surface area (Å²) in [5, 5.41) is 0. The second-order valence-electron chi connectivity index (χ2n) is 6.35. The number of likely N-dealkylation sites (tertiary alicyclic amines) is 1. The average Bonchev–Trinajstić information content (AvgIpc) is 3.02. The Kier molecular flexibility index (Phi) is 4.91. The molecule has 0 radical (unpaired) electrons. The summed E-state index contributed by atoms with van der Waals surface area (Å²) < 4.78 is 5.57. The van der Waals surface area contributed by atoms with Crippen molar-refractivity contribution in [2.45, 2.75) is 44.6 Å². The van der Waals surface area contributed by atoms with Gasteiger partial charge in [0.15, 0.2) is 0 Å². The summed E-state index contributed by atoms with van der Waals surface area (Å²) in [7, 11) is 0. The molecule has 2 heterocycles. The van der Waals surface area contributed by atoms with Gasteiger partial charge in [0.1, 0.15) is 0 Å². The van der Waals surface area contributed by atoms with E-state index in [0.717, 1.165) is 57.7 Å². The van der Waals surface area contributed by atoms with Gasteiger partial charge in [-0.05, 0) is 43.6 Å². The third kappa shape index (κ3) is 4.07. The lowest BCUT2D eigenvalue weighted by atomic mass is 9.90. The molecule has 3 nitrogen and oxygen atoms in total. The van der Waals surface area contributed by atoms with Gasteiger partial charge in [-0.25, -0.2) is 0 Å². The molecule has 3 rings (SSSR count). The van der Waals surface area contributed by atoms with Crippen molar-refractivity contribution in [1.29, 1.82) is 0 Å². The number of piperidine rings is 1. The fraction of sp³-hybridized carbons (Fsp3) is 0.611. The molecule has 0 N–H and O–H groups in total. The lowest BCUT2D eigenvalue weighted by molar-refractivity contribution is -0.134. The van der Waals surface area contributed by atoms with Crippen molar-refractivity contribution in [3.05, 3.63) is 35.9 Å². The molecule has 0 aromatic heterocycles. The standard InChI is InChI=1S/C18H25NO2/c20-18(14-17-7-4-12-21-17)19-10-8-16(9-11-19)13-15-5-2-1-3-6-15/h1-3,5-6,16-17H,4,7-14H2. The second kappa shape index (κ2) is 7.08. The quantitative estimate of drug-likeness (QED) is 0.852. The SMILES string of the molecule is O=C(CC1CCCO1)N1CCC(Cc2ccccc2)CC1. The highest BCUT2D eigenvalue weighted by molar-refractivity contribution is 5.76. The molecule has 3 heteroatoms. The Morgan fingerprint density at radius 2 is 1.90 bits per heavy atom. The topological polar surface area (TPSA) is 29.5 Å². The molecule has 2 fully saturated rings. The number of hydrogen-bond donors (Lipinski definition) is 0. The Balaban J connectivity index is 1.43. The fourth-order valence-electron chi connectivity index (χ4n) is 3.46. The Labute approximate surface area is 127 Å². The molecule has 0 bridgehead atoms. The van der Waals surface area contributed by atoms with Crippen LogP contribution in [0.25, 0.3) is 0 Å². The highest BCUT2D eigenvalue weighted by atomic mass is 16.5. The summed E-state index contributed by atoms with van der Waals surface area (Å²) in [6.45, 7) is 2.67. The first-order chi connectivity index (χ1) is 10.3. The zero-order chi connectivity index (χ0) is 14.5. The van der Waals surface area contributed by atoms with Crippen molar-refractivity contribution in [3.8, 4) is 0 Å². The van der Waals surface area contributed by atoms with Gasteiger partial charge in [0.25, 0.3) is 0 Å². The van der Waals surface area contributed by atoms with Crippen molar-refractivity contribution in [2.75, 3.05) is 19.7 Å². The molecule has 2 saturated heterocycles. The van der Waals surface area contributed by atoms with E-state index >= 15 is 0 Å². The number of amides is 1. The normalized spacial score (nSPS) is 23.4. The van der Waals surface area contributed by atoms with Gasteiger partial charge in [-0.3, -0.25) is 4.79 Å². The van der Waals surface area contributed by atoms with Crippen LogP contribution < -0.4 is 0 Å². The minimum atomic E-state index is 0.180. The molecule has 1 amide bonds. The molecule has 2 aliphatic heterocycles. The second-order valence-corrected chi connectivity index (χ2v) is 6.35. The molecular weight excluding hydrogens is 262 g/mol. The maximum atomic E-state index is 12.3. The molecule has 1 aromatic rings. The zero-order valence-electron chi connectivity index (χ0n) is 12.7. The molecule has 1 aromatic carbocycles. The summed E-state index contributed by atoms with van der Waals surface area (Å²) in [6, 6.07) is 10.7. The van der Waals surface area contributed by atoms with E-state index in [1.807, 2.05) is 4.90 Å². The van der Waals surface area contributed by atoms with E-state index in [1.54, 1.807) is 0 Å². The number of carbonyl (C=O) groups is 1. The summed E-state index contributed by atoms with van der Waals surface area (Å²) in [6.07, 6.45) is 6.34. The van der Waals surface area contributed by atoms with E-state index in [4.69, 9.17) is 4.74 Å². The van der Waals surface area contributed by atoms with E-state index in [0.29, 0.717) is 12.3 Å². The van der Waals surface area contributed by atoms with Crippen LogP contribution in [0.5, 0.6) is 0 Å². The van der Waals surface area contributed by atoms with Crippen LogP contribution in [0.15, 0.2) is 30.3 Å². The number of benzene rings is 1. The summed E-state index contributed by atoms with van der Waals surface area (Å²) in [5.41, 5.74) is 1.42. The molecule has 2 aliphatic rings. The van der Waals surface area contributed by atoms with Gasteiger partial charge in [0.2, 0.25) is 5.91 Å². The maximum Gasteiger partial charge on any atom is 0.225 e. The highest BCUT2D eigenvalue weighted by Gasteiger charge is 2.26. The zero-order valence-corrected chi connectivity index (χ0v) is 12.7. The van der Waals surface area contributed by atoms with Gasteiger partial charge in [-0.15, -0.1) is 0 Å². The molecule has 1 unspecified atom stereocenters. The van der Waals surface area contributed by atoms with E-state index in [9.17, 15) is 4.79 Å². The molecular formula is C18H25NO2. The highest BCUT2D eigenvalue weighted by Crippen LogP contribution is 2.23. The first kappa shape index (κ1) is 14.6. The van der Waals surface area contributed by atoms with E-state index in [2.05, 4.69) is 30.3 Å². The van der Waals surface area contributed by atoms with E-state index in [-0.39, 0.29) is 6.10 Å². The average molecular weight is 287 g/mol. The molecule has 0 spiro atoms. The lowest BCUT2D eigenvalue weighted by Gasteiger charge is -2.32. The number of ether oxygens (including phenoxy) is 1. The van der Waals surface area contributed by atoms with E-state index < -0.39 is 0 Å². The van der Waals surface area contributed by atoms with Crippen molar-refractivity contribution in [1.82, 2.24) is 4.90 Å². The Hall–Kier alpha value is -1.35. The predicted octanol–water partition coefficient (Wildman–Crippen LogP) is 3.04. The molecule has 21 heavy (non-hydrogen) atoms. The van der Waals surface area contributed by atoms with Crippen LogP contribution in [0.4, 0.5) is 0 Å². The van der Waals surface area contributed by atoms with Gasteiger partial charge in [-0.2, -0.15) is 0 Å². The predicted molar refractivity (Wildman–Crippen MR) is 83.0 cm³/mol. The Morgan fingerprint density at radius 3 is 2.57 bits per heavy atom. The summed E-state index contributed by atoms with van der Waals surface area (Å²) >= 11 is 0. The first-order valence-corrected chi connectivity index (χ1v) is 8.24. The molecule has 114 valence electrons. The Morgan fingerprint density at radius 1 is 1.14 bits per heavy atom.